The molecule has 2 rings (SSSR count). The molecule has 0 unspecified atom stereocenters. The fraction of sp³-hybridized carbons (Fsp3) is 0.0833. The van der Waals surface area contributed by atoms with Gasteiger partial charge >= 0.3 is 0 Å². The van der Waals surface area contributed by atoms with E-state index in [1.54, 1.807) is 6.07 Å². The topological polar surface area (TPSA) is 112 Å². The molecule has 9 heteroatoms. The molecular formula is C12H11BrN2O5S. The Morgan fingerprint density at radius 1 is 1.33 bits per heavy atom. The second-order valence-corrected chi connectivity index (χ2v) is 6.28. The molecule has 0 aliphatic rings. The zero-order chi connectivity index (χ0) is 15.6. The van der Waals surface area contributed by atoms with E-state index in [-0.39, 0.29) is 22.1 Å². The summed E-state index contributed by atoms with van der Waals surface area (Å²) in [7, 11) is -2.65. The average Bonchev–Trinajstić information content (AvgIpc) is 2.84. The van der Waals surface area contributed by atoms with Gasteiger partial charge in [0.15, 0.2) is 10.4 Å². The third-order valence-electron chi connectivity index (χ3n) is 2.53. The average molecular weight is 375 g/mol. The van der Waals surface area contributed by atoms with Crippen molar-refractivity contribution >= 4 is 37.5 Å². The number of benzene rings is 1. The van der Waals surface area contributed by atoms with Crippen molar-refractivity contribution in [2.45, 2.75) is 4.90 Å². The summed E-state index contributed by atoms with van der Waals surface area (Å²) in [5.41, 5.74) is 0.248. The molecule has 0 spiro atoms. The van der Waals surface area contributed by atoms with E-state index in [1.165, 1.54) is 31.4 Å². The van der Waals surface area contributed by atoms with Gasteiger partial charge in [-0.05, 0) is 46.3 Å². The van der Waals surface area contributed by atoms with Crippen LogP contribution in [-0.2, 0) is 10.0 Å². The highest BCUT2D eigenvalue weighted by Crippen LogP contribution is 2.26. The second kappa shape index (κ2) is 5.88. The molecule has 0 aliphatic carbocycles. The Labute approximate surface area is 129 Å². The molecular weight excluding hydrogens is 364 g/mol. The van der Waals surface area contributed by atoms with Gasteiger partial charge in [0.25, 0.3) is 5.91 Å². The van der Waals surface area contributed by atoms with Crippen molar-refractivity contribution in [3.05, 3.63) is 40.8 Å². The quantitative estimate of drug-likeness (QED) is 0.849. The number of nitrogens with one attached hydrogen (secondary N) is 1. The fourth-order valence-electron chi connectivity index (χ4n) is 1.61. The Morgan fingerprint density at radius 3 is 2.57 bits per heavy atom. The number of carbonyl (C=O) groups is 1. The Balaban J connectivity index is 2.31. The third-order valence-corrected chi connectivity index (χ3v) is 3.88. The van der Waals surface area contributed by atoms with Gasteiger partial charge in [0.2, 0.25) is 10.0 Å². The highest BCUT2D eigenvalue weighted by molar-refractivity contribution is 9.10. The predicted octanol–water partition coefficient (Wildman–Crippen LogP) is 1.95. The number of ether oxygens (including phenoxy) is 1. The number of sulfonamides is 1. The Kier molecular flexibility index (Phi) is 4.35. The monoisotopic (exact) mass is 374 g/mol. The smallest absolute Gasteiger partial charge is 0.291 e. The number of amides is 1. The number of furan rings is 1. The number of primary sulfonamides is 1. The van der Waals surface area contributed by atoms with Crippen LogP contribution in [0, 0.1) is 0 Å². The van der Waals surface area contributed by atoms with Crippen molar-refractivity contribution in [1.29, 1.82) is 0 Å². The third kappa shape index (κ3) is 3.63. The van der Waals surface area contributed by atoms with Gasteiger partial charge in [0, 0.05) is 5.69 Å². The van der Waals surface area contributed by atoms with Crippen LogP contribution in [0.4, 0.5) is 5.69 Å². The zero-order valence-electron chi connectivity index (χ0n) is 10.8. The van der Waals surface area contributed by atoms with Crippen molar-refractivity contribution < 1.29 is 22.4 Å². The van der Waals surface area contributed by atoms with Gasteiger partial charge in [-0.1, -0.05) is 0 Å². The lowest BCUT2D eigenvalue weighted by Gasteiger charge is -2.09. The summed E-state index contributed by atoms with van der Waals surface area (Å²) < 4.78 is 33.4. The molecule has 112 valence electrons. The van der Waals surface area contributed by atoms with Crippen LogP contribution < -0.4 is 15.2 Å². The van der Waals surface area contributed by atoms with E-state index in [0.29, 0.717) is 4.67 Å². The molecule has 1 aromatic heterocycles. The van der Waals surface area contributed by atoms with Crippen LogP contribution in [0.2, 0.25) is 0 Å². The van der Waals surface area contributed by atoms with Crippen molar-refractivity contribution in [2.24, 2.45) is 5.14 Å². The molecule has 0 atom stereocenters. The van der Waals surface area contributed by atoms with Crippen molar-refractivity contribution in [1.82, 2.24) is 0 Å². The van der Waals surface area contributed by atoms with Gasteiger partial charge < -0.3 is 14.5 Å². The standard InChI is InChI=1S/C12H11BrN2O5S/c1-19-8-3-2-7(6-10(8)21(14,17)18)15-12(16)9-4-5-11(13)20-9/h2-6H,1H3,(H,15,16)(H2,14,17,18). The molecule has 1 heterocycles. The minimum Gasteiger partial charge on any atom is -0.495 e. The summed E-state index contributed by atoms with van der Waals surface area (Å²) in [6.45, 7) is 0. The maximum absolute atomic E-state index is 11.9. The lowest BCUT2D eigenvalue weighted by Crippen LogP contribution is -2.15. The second-order valence-electron chi connectivity index (χ2n) is 3.97. The van der Waals surface area contributed by atoms with Gasteiger partial charge in [-0.15, -0.1) is 0 Å². The lowest BCUT2D eigenvalue weighted by atomic mass is 10.3. The normalized spacial score (nSPS) is 11.2. The fourth-order valence-corrected chi connectivity index (χ4v) is 2.64. The van der Waals surface area contributed by atoms with E-state index in [0.717, 1.165) is 0 Å². The van der Waals surface area contributed by atoms with Crippen LogP contribution in [0.25, 0.3) is 0 Å². The first-order valence-electron chi connectivity index (χ1n) is 5.59. The zero-order valence-corrected chi connectivity index (χ0v) is 13.2. The summed E-state index contributed by atoms with van der Waals surface area (Å²) in [5, 5.41) is 7.61. The van der Waals surface area contributed by atoms with E-state index in [9.17, 15) is 13.2 Å². The molecule has 0 fully saturated rings. The van der Waals surface area contributed by atoms with Crippen LogP contribution in [0.15, 0.2) is 44.3 Å². The minimum absolute atomic E-state index is 0.0786. The molecule has 7 nitrogen and oxygen atoms in total. The number of hydrogen-bond acceptors (Lipinski definition) is 5. The molecule has 0 radical (unpaired) electrons. The molecule has 2 aromatic rings. The van der Waals surface area contributed by atoms with Crippen molar-refractivity contribution in [3.63, 3.8) is 0 Å². The first-order valence-corrected chi connectivity index (χ1v) is 7.92. The maximum atomic E-state index is 11.9. The lowest BCUT2D eigenvalue weighted by molar-refractivity contribution is 0.0995. The molecule has 0 saturated heterocycles. The van der Waals surface area contributed by atoms with E-state index in [4.69, 9.17) is 14.3 Å². The number of carbonyl (C=O) groups excluding carboxylic acids is 1. The first-order chi connectivity index (χ1) is 9.81. The highest BCUT2D eigenvalue weighted by Gasteiger charge is 2.17. The summed E-state index contributed by atoms with van der Waals surface area (Å²) in [6, 6.07) is 7.14. The molecule has 0 bridgehead atoms. The van der Waals surface area contributed by atoms with Gasteiger partial charge in [-0.25, -0.2) is 13.6 Å². The van der Waals surface area contributed by atoms with Gasteiger partial charge in [-0.2, -0.15) is 0 Å². The number of hydrogen-bond donors (Lipinski definition) is 2. The number of methoxy groups -OCH3 is 1. The van der Waals surface area contributed by atoms with Crippen LogP contribution >= 0.6 is 15.9 Å². The molecule has 1 amide bonds. The number of anilines is 1. The van der Waals surface area contributed by atoms with Gasteiger partial charge in [0.1, 0.15) is 10.6 Å². The summed E-state index contributed by atoms with van der Waals surface area (Å²) >= 11 is 3.08. The first kappa shape index (κ1) is 15.5. The van der Waals surface area contributed by atoms with Crippen LogP contribution in [0.1, 0.15) is 10.6 Å². The van der Waals surface area contributed by atoms with Gasteiger partial charge in [0.05, 0.1) is 7.11 Å². The molecule has 0 saturated carbocycles. The Bertz CT molecular complexity index is 785. The van der Waals surface area contributed by atoms with E-state index < -0.39 is 15.9 Å². The van der Waals surface area contributed by atoms with E-state index >= 15 is 0 Å². The molecule has 21 heavy (non-hydrogen) atoms. The van der Waals surface area contributed by atoms with Crippen LogP contribution in [-0.4, -0.2) is 21.4 Å². The molecule has 3 N–H and O–H groups in total. The molecule has 1 aromatic carbocycles. The van der Waals surface area contributed by atoms with Gasteiger partial charge in [-0.3, -0.25) is 4.79 Å². The van der Waals surface area contributed by atoms with Crippen LogP contribution in [0.5, 0.6) is 5.75 Å². The minimum atomic E-state index is -3.97. The largest absolute Gasteiger partial charge is 0.495 e. The van der Waals surface area contributed by atoms with E-state index in [1.807, 2.05) is 0 Å². The number of halogens is 1. The van der Waals surface area contributed by atoms with Crippen molar-refractivity contribution in [3.8, 4) is 5.75 Å². The summed E-state index contributed by atoms with van der Waals surface area (Å²) in [5.74, 6) is -0.350. The van der Waals surface area contributed by atoms with Crippen LogP contribution in [0.3, 0.4) is 0 Å². The maximum Gasteiger partial charge on any atom is 0.291 e. The summed E-state index contributed by atoms with van der Waals surface area (Å²) in [6.07, 6.45) is 0. The highest BCUT2D eigenvalue weighted by atomic mass is 79.9. The number of nitrogens with two attached hydrogens (primary N) is 1. The SMILES string of the molecule is COc1ccc(NC(=O)c2ccc(Br)o2)cc1S(N)(=O)=O. The van der Waals surface area contributed by atoms with Crippen molar-refractivity contribution in [2.75, 3.05) is 12.4 Å². The van der Waals surface area contributed by atoms with E-state index in [2.05, 4.69) is 21.2 Å². The summed E-state index contributed by atoms with van der Waals surface area (Å²) in [4.78, 5) is 11.7. The molecule has 0 aliphatic heterocycles. The Morgan fingerprint density at radius 2 is 2.05 bits per heavy atom. The number of rotatable bonds is 4. The Hall–Kier alpha value is -1.84. The predicted molar refractivity (Wildman–Crippen MR) is 78.7 cm³/mol.